The number of hydrogen-bond donors (Lipinski definition) is 1. The Kier molecular flexibility index (Phi) is 4.85. The number of rotatable bonds is 5. The van der Waals surface area contributed by atoms with Crippen molar-refractivity contribution in [2.24, 2.45) is 5.73 Å². The fraction of sp³-hybridized carbons (Fsp3) is 0.412. The van der Waals surface area contributed by atoms with Crippen LogP contribution in [0.1, 0.15) is 45.5 Å². The van der Waals surface area contributed by atoms with E-state index in [0.717, 1.165) is 30.9 Å². The summed E-state index contributed by atoms with van der Waals surface area (Å²) in [5, 5.41) is 1.03. The van der Waals surface area contributed by atoms with Crippen LogP contribution >= 0.6 is 11.3 Å². The molecule has 22 heavy (non-hydrogen) atoms. The maximum atomic E-state index is 11.3. The van der Waals surface area contributed by atoms with Crippen LogP contribution in [0, 0.1) is 0 Å². The Morgan fingerprint density at radius 1 is 1.32 bits per heavy atom. The van der Waals surface area contributed by atoms with E-state index in [1.165, 1.54) is 29.7 Å². The second-order valence-corrected chi connectivity index (χ2v) is 6.77. The predicted octanol–water partition coefficient (Wildman–Crippen LogP) is 3.01. The molecule has 0 radical (unpaired) electrons. The predicted molar refractivity (Wildman–Crippen MR) is 88.9 cm³/mol. The van der Waals surface area contributed by atoms with Gasteiger partial charge in [0.25, 0.3) is 5.91 Å². The zero-order valence-corrected chi connectivity index (χ0v) is 13.4. The molecular weight excluding hydrogens is 294 g/mol. The van der Waals surface area contributed by atoms with Gasteiger partial charge >= 0.3 is 0 Å². The molecule has 2 aromatic rings. The van der Waals surface area contributed by atoms with E-state index in [2.05, 4.69) is 34.1 Å². The van der Waals surface area contributed by atoms with Crippen LogP contribution in [0.15, 0.2) is 36.5 Å². The van der Waals surface area contributed by atoms with Gasteiger partial charge in [0.1, 0.15) is 9.88 Å². The van der Waals surface area contributed by atoms with Crippen molar-refractivity contribution in [3.05, 3.63) is 52.0 Å². The average Bonchev–Trinajstić information content (AvgIpc) is 3.04. The van der Waals surface area contributed by atoms with E-state index in [1.807, 2.05) is 6.07 Å². The second-order valence-electron chi connectivity index (χ2n) is 5.71. The molecule has 1 aromatic heterocycles. The Bertz CT molecular complexity index is 626. The van der Waals surface area contributed by atoms with E-state index in [-0.39, 0.29) is 5.91 Å². The third-order valence-corrected chi connectivity index (χ3v) is 5.31. The van der Waals surface area contributed by atoms with Crippen LogP contribution < -0.4 is 5.73 Å². The lowest BCUT2D eigenvalue weighted by molar-refractivity contribution is 0.100. The molecule has 1 unspecified atom stereocenters. The molecule has 1 aromatic carbocycles. The molecular formula is C17H21N3OS. The van der Waals surface area contributed by atoms with Crippen LogP contribution in [0.4, 0.5) is 0 Å². The number of piperidine rings is 1. The number of benzene rings is 1. The SMILES string of the molecule is NC(=O)c1cnc(C2CCCCN2CCc2ccccc2)s1. The van der Waals surface area contributed by atoms with Crippen molar-refractivity contribution in [3.63, 3.8) is 0 Å². The Balaban J connectivity index is 1.69. The van der Waals surface area contributed by atoms with Crippen LogP contribution in [0.5, 0.6) is 0 Å². The first kappa shape index (κ1) is 15.2. The number of thiazole rings is 1. The Labute approximate surface area is 135 Å². The van der Waals surface area contributed by atoms with E-state index < -0.39 is 0 Å². The zero-order chi connectivity index (χ0) is 15.4. The third kappa shape index (κ3) is 3.54. The Morgan fingerprint density at radius 2 is 2.14 bits per heavy atom. The highest BCUT2D eigenvalue weighted by molar-refractivity contribution is 7.13. The molecule has 0 saturated carbocycles. The number of primary amides is 1. The van der Waals surface area contributed by atoms with E-state index in [9.17, 15) is 4.79 Å². The molecule has 5 heteroatoms. The topological polar surface area (TPSA) is 59.2 Å². The maximum absolute atomic E-state index is 11.3. The molecule has 1 fully saturated rings. The van der Waals surface area contributed by atoms with Crippen LogP contribution in [-0.2, 0) is 6.42 Å². The summed E-state index contributed by atoms with van der Waals surface area (Å²) in [4.78, 5) is 18.8. The lowest BCUT2D eigenvalue weighted by Crippen LogP contribution is -2.34. The maximum Gasteiger partial charge on any atom is 0.260 e. The van der Waals surface area contributed by atoms with E-state index in [1.54, 1.807) is 6.20 Å². The molecule has 4 nitrogen and oxygen atoms in total. The first-order valence-electron chi connectivity index (χ1n) is 7.77. The van der Waals surface area contributed by atoms with E-state index in [0.29, 0.717) is 10.9 Å². The first-order valence-corrected chi connectivity index (χ1v) is 8.59. The quantitative estimate of drug-likeness (QED) is 0.922. The molecule has 116 valence electrons. The van der Waals surface area contributed by atoms with E-state index in [4.69, 9.17) is 5.73 Å². The molecule has 0 aliphatic carbocycles. The molecule has 0 bridgehead atoms. The molecule has 1 saturated heterocycles. The minimum Gasteiger partial charge on any atom is -0.365 e. The summed E-state index contributed by atoms with van der Waals surface area (Å²) < 4.78 is 0. The largest absolute Gasteiger partial charge is 0.365 e. The monoisotopic (exact) mass is 315 g/mol. The van der Waals surface area contributed by atoms with Gasteiger partial charge in [0.05, 0.1) is 12.2 Å². The van der Waals surface area contributed by atoms with Crippen LogP contribution in [0.3, 0.4) is 0 Å². The summed E-state index contributed by atoms with van der Waals surface area (Å²) >= 11 is 1.45. The summed E-state index contributed by atoms with van der Waals surface area (Å²) in [6.45, 7) is 2.13. The number of carbonyl (C=O) groups excluding carboxylic acids is 1. The van der Waals surface area contributed by atoms with Crippen molar-refractivity contribution in [2.45, 2.75) is 31.7 Å². The highest BCUT2D eigenvalue weighted by Gasteiger charge is 2.26. The third-order valence-electron chi connectivity index (χ3n) is 4.20. The van der Waals surface area contributed by atoms with Gasteiger partial charge in [-0.05, 0) is 31.4 Å². The molecule has 1 amide bonds. The van der Waals surface area contributed by atoms with Gasteiger partial charge in [0.15, 0.2) is 0 Å². The zero-order valence-electron chi connectivity index (χ0n) is 12.6. The summed E-state index contributed by atoms with van der Waals surface area (Å²) in [5.74, 6) is -0.379. The highest BCUT2D eigenvalue weighted by atomic mass is 32.1. The highest BCUT2D eigenvalue weighted by Crippen LogP contribution is 2.33. The van der Waals surface area contributed by atoms with Gasteiger partial charge in [-0.1, -0.05) is 36.8 Å². The average molecular weight is 315 g/mol. The van der Waals surface area contributed by atoms with Crippen molar-refractivity contribution in [1.29, 1.82) is 0 Å². The molecule has 1 aliphatic heterocycles. The number of carbonyl (C=O) groups is 1. The molecule has 1 atom stereocenters. The van der Waals surface area contributed by atoms with Crippen molar-refractivity contribution < 1.29 is 4.79 Å². The smallest absolute Gasteiger partial charge is 0.260 e. The summed E-state index contributed by atoms with van der Waals surface area (Å²) in [7, 11) is 0. The van der Waals surface area contributed by atoms with Gasteiger partial charge < -0.3 is 5.73 Å². The Hall–Kier alpha value is -1.72. The van der Waals surface area contributed by atoms with Gasteiger partial charge in [-0.25, -0.2) is 4.98 Å². The molecule has 1 aliphatic rings. The van der Waals surface area contributed by atoms with Gasteiger partial charge in [0.2, 0.25) is 0 Å². The molecule has 2 heterocycles. The summed E-state index contributed by atoms with van der Waals surface area (Å²) in [5.41, 5.74) is 6.71. The summed E-state index contributed by atoms with van der Waals surface area (Å²) in [6.07, 6.45) is 6.23. The van der Waals surface area contributed by atoms with Crippen molar-refractivity contribution in [1.82, 2.24) is 9.88 Å². The summed E-state index contributed by atoms with van der Waals surface area (Å²) in [6, 6.07) is 10.9. The fourth-order valence-electron chi connectivity index (χ4n) is 3.01. The van der Waals surface area contributed by atoms with Crippen LogP contribution in [0.2, 0.25) is 0 Å². The van der Waals surface area contributed by atoms with Crippen molar-refractivity contribution in [2.75, 3.05) is 13.1 Å². The molecule has 2 N–H and O–H groups in total. The molecule has 3 rings (SSSR count). The number of hydrogen-bond acceptors (Lipinski definition) is 4. The number of nitrogens with two attached hydrogens (primary N) is 1. The van der Waals surface area contributed by atoms with E-state index >= 15 is 0 Å². The lowest BCUT2D eigenvalue weighted by Gasteiger charge is -2.34. The van der Waals surface area contributed by atoms with Gasteiger partial charge in [-0.15, -0.1) is 11.3 Å². The normalized spacial score (nSPS) is 19.2. The lowest BCUT2D eigenvalue weighted by atomic mass is 10.0. The standard InChI is InChI=1S/C17H21N3OS/c18-16(21)15-12-19-17(22-15)14-8-4-5-10-20(14)11-9-13-6-2-1-3-7-13/h1-3,6-7,12,14H,4-5,8-11H2,(H2,18,21). The van der Waals surface area contributed by atoms with Crippen LogP contribution in [-0.4, -0.2) is 28.9 Å². The van der Waals surface area contributed by atoms with Gasteiger partial charge in [-0.3, -0.25) is 9.69 Å². The van der Waals surface area contributed by atoms with Gasteiger partial charge in [0, 0.05) is 6.54 Å². The second kappa shape index (κ2) is 7.03. The minimum absolute atomic E-state index is 0.329. The number of aromatic nitrogens is 1. The van der Waals surface area contributed by atoms with Crippen LogP contribution in [0.25, 0.3) is 0 Å². The number of nitrogens with zero attached hydrogens (tertiary/aromatic N) is 2. The fourth-order valence-corrected chi connectivity index (χ4v) is 3.95. The minimum atomic E-state index is -0.379. The number of amides is 1. The van der Waals surface area contributed by atoms with Crippen molar-refractivity contribution in [3.8, 4) is 0 Å². The number of likely N-dealkylation sites (tertiary alicyclic amines) is 1. The van der Waals surface area contributed by atoms with Crippen molar-refractivity contribution >= 4 is 17.2 Å². The Morgan fingerprint density at radius 3 is 2.86 bits per heavy atom. The first-order chi connectivity index (χ1) is 10.7. The molecule has 0 spiro atoms. The van der Waals surface area contributed by atoms with Gasteiger partial charge in [-0.2, -0.15) is 0 Å².